The highest BCUT2D eigenvalue weighted by Gasteiger charge is 2.25. The van der Waals surface area contributed by atoms with Crippen LogP contribution in [0.3, 0.4) is 0 Å². The van der Waals surface area contributed by atoms with Crippen LogP contribution in [-0.2, 0) is 11.3 Å². The number of rotatable bonds is 7. The van der Waals surface area contributed by atoms with Crippen molar-refractivity contribution < 1.29 is 9.18 Å². The van der Waals surface area contributed by atoms with Crippen molar-refractivity contribution in [3.8, 4) is 0 Å². The van der Waals surface area contributed by atoms with Gasteiger partial charge >= 0.3 is 0 Å². The Morgan fingerprint density at radius 1 is 0.966 bits per heavy atom. The molecule has 0 aliphatic rings. The van der Waals surface area contributed by atoms with E-state index in [0.717, 1.165) is 22.3 Å². The summed E-state index contributed by atoms with van der Waals surface area (Å²) in [6.07, 6.45) is 3.95. The standard InChI is InChI=1S/C26H26FNO/c1-19-8-14-23(15-9-19)25(26(29)28-18-22-6-4-3-5-7-22)20(2)10-11-21-12-16-24(27)17-13-21/h3-17,20,25H,18H2,1-2H3,(H,28,29)/b11-10+. The third-order valence-corrected chi connectivity index (χ3v) is 5.02. The summed E-state index contributed by atoms with van der Waals surface area (Å²) >= 11 is 0. The van der Waals surface area contributed by atoms with Gasteiger partial charge in [0.15, 0.2) is 0 Å². The molecule has 2 atom stereocenters. The van der Waals surface area contributed by atoms with Crippen molar-refractivity contribution in [3.05, 3.63) is 113 Å². The molecule has 3 aromatic rings. The Kier molecular flexibility index (Phi) is 6.96. The molecule has 3 aromatic carbocycles. The van der Waals surface area contributed by atoms with Crippen LogP contribution in [0.5, 0.6) is 0 Å². The monoisotopic (exact) mass is 387 g/mol. The van der Waals surface area contributed by atoms with E-state index in [9.17, 15) is 9.18 Å². The number of hydrogen-bond donors (Lipinski definition) is 1. The maximum absolute atomic E-state index is 13.1. The first kappa shape index (κ1) is 20.5. The molecule has 29 heavy (non-hydrogen) atoms. The molecule has 0 saturated carbocycles. The Morgan fingerprint density at radius 2 is 1.62 bits per heavy atom. The van der Waals surface area contributed by atoms with Gasteiger partial charge in [0.2, 0.25) is 5.91 Å². The van der Waals surface area contributed by atoms with Gasteiger partial charge in [-0.1, -0.05) is 91.4 Å². The molecule has 0 aromatic heterocycles. The molecule has 0 bridgehead atoms. The first-order chi connectivity index (χ1) is 14.0. The smallest absolute Gasteiger partial charge is 0.228 e. The zero-order chi connectivity index (χ0) is 20.6. The van der Waals surface area contributed by atoms with Gasteiger partial charge in [0.05, 0.1) is 5.92 Å². The van der Waals surface area contributed by atoms with Crippen LogP contribution in [0.25, 0.3) is 6.08 Å². The van der Waals surface area contributed by atoms with Crippen molar-refractivity contribution in [2.24, 2.45) is 5.92 Å². The van der Waals surface area contributed by atoms with Crippen LogP contribution in [0.4, 0.5) is 4.39 Å². The molecule has 2 nitrogen and oxygen atoms in total. The summed E-state index contributed by atoms with van der Waals surface area (Å²) in [5.74, 6) is -0.600. The Hall–Kier alpha value is -3.20. The van der Waals surface area contributed by atoms with Gasteiger partial charge in [-0.2, -0.15) is 0 Å². The van der Waals surface area contributed by atoms with E-state index in [1.807, 2.05) is 80.6 Å². The van der Waals surface area contributed by atoms with Gasteiger partial charge in [-0.25, -0.2) is 4.39 Å². The summed E-state index contributed by atoms with van der Waals surface area (Å²) in [4.78, 5) is 13.1. The fraction of sp³-hybridized carbons (Fsp3) is 0.192. The minimum Gasteiger partial charge on any atom is -0.351 e. The highest BCUT2D eigenvalue weighted by Crippen LogP contribution is 2.27. The number of carbonyl (C=O) groups is 1. The number of allylic oxidation sites excluding steroid dienone is 1. The lowest BCUT2D eigenvalue weighted by molar-refractivity contribution is -0.123. The summed E-state index contributed by atoms with van der Waals surface area (Å²) in [6, 6.07) is 24.3. The topological polar surface area (TPSA) is 29.1 Å². The quantitative estimate of drug-likeness (QED) is 0.539. The molecular weight excluding hydrogens is 361 g/mol. The van der Waals surface area contributed by atoms with Crippen LogP contribution in [0, 0.1) is 18.7 Å². The van der Waals surface area contributed by atoms with E-state index in [-0.39, 0.29) is 23.6 Å². The van der Waals surface area contributed by atoms with Crippen molar-refractivity contribution in [1.82, 2.24) is 5.32 Å². The van der Waals surface area contributed by atoms with Crippen LogP contribution in [-0.4, -0.2) is 5.91 Å². The maximum Gasteiger partial charge on any atom is 0.228 e. The molecule has 0 spiro atoms. The number of aryl methyl sites for hydroxylation is 1. The Balaban J connectivity index is 1.78. The molecule has 2 unspecified atom stereocenters. The second-order valence-electron chi connectivity index (χ2n) is 7.36. The lowest BCUT2D eigenvalue weighted by Crippen LogP contribution is -2.32. The van der Waals surface area contributed by atoms with Crippen molar-refractivity contribution in [1.29, 1.82) is 0 Å². The number of amides is 1. The van der Waals surface area contributed by atoms with Crippen molar-refractivity contribution in [2.45, 2.75) is 26.3 Å². The lowest BCUT2D eigenvalue weighted by Gasteiger charge is -2.22. The first-order valence-electron chi connectivity index (χ1n) is 9.85. The third-order valence-electron chi connectivity index (χ3n) is 5.02. The zero-order valence-corrected chi connectivity index (χ0v) is 16.8. The summed E-state index contributed by atoms with van der Waals surface area (Å²) in [5, 5.41) is 3.08. The molecule has 0 aliphatic heterocycles. The predicted octanol–water partition coefficient (Wildman–Crippen LogP) is 5.88. The van der Waals surface area contributed by atoms with E-state index in [2.05, 4.69) is 5.32 Å². The van der Waals surface area contributed by atoms with Crippen LogP contribution in [0.2, 0.25) is 0 Å². The van der Waals surface area contributed by atoms with Crippen LogP contribution < -0.4 is 5.32 Å². The number of nitrogens with one attached hydrogen (secondary N) is 1. The minimum atomic E-state index is -0.309. The Labute approximate surface area is 172 Å². The van der Waals surface area contributed by atoms with Gasteiger partial charge in [0, 0.05) is 6.54 Å². The van der Waals surface area contributed by atoms with Crippen molar-refractivity contribution in [3.63, 3.8) is 0 Å². The Morgan fingerprint density at radius 3 is 2.28 bits per heavy atom. The normalized spacial score (nSPS) is 13.2. The number of hydrogen-bond acceptors (Lipinski definition) is 1. The van der Waals surface area contributed by atoms with Gasteiger partial charge in [-0.05, 0) is 41.7 Å². The van der Waals surface area contributed by atoms with Crippen LogP contribution >= 0.6 is 0 Å². The maximum atomic E-state index is 13.1. The van der Waals surface area contributed by atoms with E-state index < -0.39 is 0 Å². The summed E-state index contributed by atoms with van der Waals surface area (Å²) in [7, 11) is 0. The number of carbonyl (C=O) groups excluding carboxylic acids is 1. The average molecular weight is 387 g/mol. The molecule has 0 saturated heterocycles. The van der Waals surface area contributed by atoms with E-state index in [1.165, 1.54) is 12.1 Å². The zero-order valence-electron chi connectivity index (χ0n) is 16.8. The van der Waals surface area contributed by atoms with Gasteiger partial charge in [-0.15, -0.1) is 0 Å². The molecule has 0 radical (unpaired) electrons. The third kappa shape index (κ3) is 5.89. The number of benzene rings is 3. The second-order valence-corrected chi connectivity index (χ2v) is 7.36. The first-order valence-corrected chi connectivity index (χ1v) is 9.85. The average Bonchev–Trinajstić information content (AvgIpc) is 2.74. The molecule has 1 amide bonds. The minimum absolute atomic E-state index is 0.00559. The number of halogens is 1. The van der Waals surface area contributed by atoms with Crippen molar-refractivity contribution in [2.75, 3.05) is 0 Å². The molecule has 3 heteroatoms. The van der Waals surface area contributed by atoms with Crippen LogP contribution in [0.15, 0.2) is 84.9 Å². The SMILES string of the molecule is Cc1ccc(C(C(=O)NCc2ccccc2)C(C)/C=C/c2ccc(F)cc2)cc1. The van der Waals surface area contributed by atoms with Gasteiger partial charge < -0.3 is 5.32 Å². The highest BCUT2D eigenvalue weighted by molar-refractivity contribution is 5.84. The van der Waals surface area contributed by atoms with Gasteiger partial charge in [0.1, 0.15) is 5.82 Å². The van der Waals surface area contributed by atoms with Gasteiger partial charge in [-0.3, -0.25) is 4.79 Å². The summed E-state index contributed by atoms with van der Waals surface area (Å²) in [5.41, 5.74) is 4.12. The molecule has 0 fully saturated rings. The Bertz CT molecular complexity index is 946. The van der Waals surface area contributed by atoms with E-state index >= 15 is 0 Å². The summed E-state index contributed by atoms with van der Waals surface area (Å²) < 4.78 is 13.1. The fourth-order valence-corrected chi connectivity index (χ4v) is 3.31. The predicted molar refractivity (Wildman–Crippen MR) is 117 cm³/mol. The molecule has 1 N–H and O–H groups in total. The molecule has 3 rings (SSSR count). The molecule has 148 valence electrons. The van der Waals surface area contributed by atoms with Crippen molar-refractivity contribution >= 4 is 12.0 Å². The molecule has 0 heterocycles. The second kappa shape index (κ2) is 9.83. The summed E-state index contributed by atoms with van der Waals surface area (Å²) in [6.45, 7) is 4.56. The molecular formula is C26H26FNO. The van der Waals surface area contributed by atoms with Crippen LogP contribution in [0.1, 0.15) is 35.1 Å². The largest absolute Gasteiger partial charge is 0.351 e. The van der Waals surface area contributed by atoms with Gasteiger partial charge in [0.25, 0.3) is 0 Å². The van der Waals surface area contributed by atoms with E-state index in [0.29, 0.717) is 6.54 Å². The van der Waals surface area contributed by atoms with E-state index in [1.54, 1.807) is 12.1 Å². The highest BCUT2D eigenvalue weighted by atomic mass is 19.1. The lowest BCUT2D eigenvalue weighted by atomic mass is 9.85. The molecule has 0 aliphatic carbocycles. The van der Waals surface area contributed by atoms with E-state index in [4.69, 9.17) is 0 Å². The fourth-order valence-electron chi connectivity index (χ4n) is 3.31.